The van der Waals surface area contributed by atoms with Crippen LogP contribution in [0.3, 0.4) is 0 Å². The molecule has 0 spiro atoms. The lowest BCUT2D eigenvalue weighted by molar-refractivity contribution is -0.116. The fourth-order valence-electron chi connectivity index (χ4n) is 2.13. The van der Waals surface area contributed by atoms with Crippen LogP contribution in [-0.2, 0) is 4.79 Å². The summed E-state index contributed by atoms with van der Waals surface area (Å²) in [5.74, 6) is -0.256. The Morgan fingerprint density at radius 3 is 2.74 bits per heavy atom. The van der Waals surface area contributed by atoms with Crippen molar-refractivity contribution in [2.75, 3.05) is 11.9 Å². The molecule has 5 nitrogen and oxygen atoms in total. The van der Waals surface area contributed by atoms with Crippen molar-refractivity contribution in [3.8, 4) is 0 Å². The molecule has 0 bridgehead atoms. The van der Waals surface area contributed by atoms with E-state index in [2.05, 4.69) is 10.6 Å². The molecule has 23 heavy (non-hydrogen) atoms. The lowest BCUT2D eigenvalue weighted by Crippen LogP contribution is -2.25. The van der Waals surface area contributed by atoms with Crippen LogP contribution in [0.25, 0.3) is 0 Å². The summed E-state index contributed by atoms with van der Waals surface area (Å²) < 4.78 is 0. The molecule has 1 unspecified atom stereocenters. The minimum atomic E-state index is -0.642. The highest BCUT2D eigenvalue weighted by Crippen LogP contribution is 2.22. The Kier molecular flexibility index (Phi) is 6.31. The van der Waals surface area contributed by atoms with Crippen molar-refractivity contribution < 1.29 is 14.7 Å². The number of rotatable bonds is 7. The summed E-state index contributed by atoms with van der Waals surface area (Å²) in [4.78, 5) is 23.7. The molecular formula is C17H20N2O3S. The van der Waals surface area contributed by atoms with Crippen LogP contribution in [0.15, 0.2) is 41.1 Å². The van der Waals surface area contributed by atoms with E-state index in [1.807, 2.05) is 17.5 Å². The van der Waals surface area contributed by atoms with Crippen molar-refractivity contribution in [2.24, 2.45) is 0 Å². The third-order valence-corrected chi connectivity index (χ3v) is 4.02. The number of aliphatic hydroxyl groups is 1. The van der Waals surface area contributed by atoms with E-state index in [9.17, 15) is 14.7 Å². The van der Waals surface area contributed by atoms with Crippen molar-refractivity contribution in [3.63, 3.8) is 0 Å². The average Bonchev–Trinajstić information content (AvgIpc) is 3.06. The first-order chi connectivity index (χ1) is 11.1. The summed E-state index contributed by atoms with van der Waals surface area (Å²) in [5.41, 5.74) is 1.95. The fraction of sp³-hybridized carbons (Fsp3) is 0.294. The molecule has 2 amide bonds. The van der Waals surface area contributed by atoms with E-state index >= 15 is 0 Å². The molecule has 0 radical (unpaired) electrons. The summed E-state index contributed by atoms with van der Waals surface area (Å²) in [5, 5.41) is 18.9. The van der Waals surface area contributed by atoms with Crippen molar-refractivity contribution in [1.82, 2.24) is 5.32 Å². The number of carbonyl (C=O) groups excluding carboxylic acids is 2. The van der Waals surface area contributed by atoms with Crippen LogP contribution in [0.4, 0.5) is 5.69 Å². The van der Waals surface area contributed by atoms with Gasteiger partial charge in [-0.15, -0.1) is 0 Å². The first kappa shape index (κ1) is 17.2. The van der Waals surface area contributed by atoms with E-state index in [1.54, 1.807) is 30.5 Å². The standard InChI is InChI=1S/C17H20N2O3S/c1-12(20)14-5-2-3-6-15(14)19-16(21)7-4-9-18-17(22)13-8-10-23-11-13/h2-3,5-6,8,10-12,20H,4,7,9H2,1H3,(H,18,22)(H,19,21). The summed E-state index contributed by atoms with van der Waals surface area (Å²) in [6.45, 7) is 2.10. The molecule has 2 rings (SSSR count). The van der Waals surface area contributed by atoms with Crippen LogP contribution < -0.4 is 10.6 Å². The topological polar surface area (TPSA) is 78.4 Å². The second-order valence-corrected chi connectivity index (χ2v) is 5.96. The van der Waals surface area contributed by atoms with E-state index in [4.69, 9.17) is 0 Å². The highest BCUT2D eigenvalue weighted by Gasteiger charge is 2.10. The van der Waals surface area contributed by atoms with Gasteiger partial charge in [0.15, 0.2) is 0 Å². The number of hydrogen-bond acceptors (Lipinski definition) is 4. The van der Waals surface area contributed by atoms with Crippen LogP contribution in [0.1, 0.15) is 41.8 Å². The first-order valence-corrected chi connectivity index (χ1v) is 8.39. The number of amides is 2. The molecule has 0 saturated heterocycles. The predicted molar refractivity (Wildman–Crippen MR) is 91.6 cm³/mol. The second-order valence-electron chi connectivity index (χ2n) is 5.18. The lowest BCUT2D eigenvalue weighted by Gasteiger charge is -2.13. The third-order valence-electron chi connectivity index (χ3n) is 3.33. The number of hydrogen-bond donors (Lipinski definition) is 3. The molecule has 6 heteroatoms. The van der Waals surface area contributed by atoms with E-state index in [1.165, 1.54) is 11.3 Å². The van der Waals surface area contributed by atoms with E-state index in [-0.39, 0.29) is 11.8 Å². The number of thiophene rings is 1. The Morgan fingerprint density at radius 2 is 2.04 bits per heavy atom. The molecule has 3 N–H and O–H groups in total. The van der Waals surface area contributed by atoms with Crippen LogP contribution in [0.2, 0.25) is 0 Å². The molecule has 1 aromatic heterocycles. The van der Waals surface area contributed by atoms with Gasteiger partial charge in [-0.1, -0.05) is 18.2 Å². The monoisotopic (exact) mass is 332 g/mol. The van der Waals surface area contributed by atoms with Gasteiger partial charge in [0.05, 0.1) is 6.10 Å². The zero-order valence-corrected chi connectivity index (χ0v) is 13.7. The molecule has 2 aromatic rings. The molecule has 0 aliphatic carbocycles. The molecule has 1 atom stereocenters. The smallest absolute Gasteiger partial charge is 0.252 e. The maximum Gasteiger partial charge on any atom is 0.252 e. The SMILES string of the molecule is CC(O)c1ccccc1NC(=O)CCCNC(=O)c1ccsc1. The largest absolute Gasteiger partial charge is 0.389 e. The highest BCUT2D eigenvalue weighted by molar-refractivity contribution is 7.08. The number of carbonyl (C=O) groups is 2. The van der Waals surface area contributed by atoms with Crippen LogP contribution in [0, 0.1) is 0 Å². The van der Waals surface area contributed by atoms with Gasteiger partial charge in [-0.05, 0) is 30.9 Å². The summed E-state index contributed by atoms with van der Waals surface area (Å²) in [6.07, 6.45) is 0.216. The summed E-state index contributed by atoms with van der Waals surface area (Å²) in [6, 6.07) is 8.93. The van der Waals surface area contributed by atoms with Crippen molar-refractivity contribution in [1.29, 1.82) is 0 Å². The lowest BCUT2D eigenvalue weighted by atomic mass is 10.1. The predicted octanol–water partition coefficient (Wildman–Crippen LogP) is 2.95. The van der Waals surface area contributed by atoms with Gasteiger partial charge in [0, 0.05) is 35.2 Å². The third kappa shape index (κ3) is 5.19. The zero-order valence-electron chi connectivity index (χ0n) is 12.9. The molecule has 1 heterocycles. The first-order valence-electron chi connectivity index (χ1n) is 7.45. The van der Waals surface area contributed by atoms with Crippen LogP contribution in [-0.4, -0.2) is 23.5 Å². The van der Waals surface area contributed by atoms with Gasteiger partial charge in [-0.25, -0.2) is 0 Å². The van der Waals surface area contributed by atoms with E-state index in [0.29, 0.717) is 36.2 Å². The van der Waals surface area contributed by atoms with Crippen molar-refractivity contribution in [2.45, 2.75) is 25.9 Å². The molecule has 122 valence electrons. The maximum atomic E-state index is 12.0. The number of benzene rings is 1. The van der Waals surface area contributed by atoms with Gasteiger partial charge < -0.3 is 15.7 Å². The van der Waals surface area contributed by atoms with Crippen LogP contribution >= 0.6 is 11.3 Å². The summed E-state index contributed by atoms with van der Waals surface area (Å²) in [7, 11) is 0. The minimum absolute atomic E-state index is 0.119. The maximum absolute atomic E-state index is 12.0. The van der Waals surface area contributed by atoms with Gasteiger partial charge >= 0.3 is 0 Å². The van der Waals surface area contributed by atoms with Crippen LogP contribution in [0.5, 0.6) is 0 Å². The number of nitrogens with one attached hydrogen (secondary N) is 2. The number of anilines is 1. The van der Waals surface area contributed by atoms with Gasteiger partial charge in [-0.3, -0.25) is 9.59 Å². The molecule has 0 saturated carbocycles. The van der Waals surface area contributed by atoms with Gasteiger partial charge in [0.2, 0.25) is 5.91 Å². The molecule has 0 aliphatic heterocycles. The summed E-state index contributed by atoms with van der Waals surface area (Å²) >= 11 is 1.47. The highest BCUT2D eigenvalue weighted by atomic mass is 32.1. The second kappa shape index (κ2) is 8.45. The van der Waals surface area contributed by atoms with Gasteiger partial charge in [-0.2, -0.15) is 11.3 Å². The van der Waals surface area contributed by atoms with Crippen molar-refractivity contribution in [3.05, 3.63) is 52.2 Å². The van der Waals surface area contributed by atoms with Gasteiger partial charge in [0.25, 0.3) is 5.91 Å². The van der Waals surface area contributed by atoms with Crippen molar-refractivity contribution >= 4 is 28.8 Å². The number of para-hydroxylation sites is 1. The molecular weight excluding hydrogens is 312 g/mol. The quantitative estimate of drug-likeness (QED) is 0.682. The number of aliphatic hydroxyl groups excluding tert-OH is 1. The Bertz CT molecular complexity index is 654. The van der Waals surface area contributed by atoms with E-state index in [0.717, 1.165) is 0 Å². The Balaban J connectivity index is 1.74. The fourth-order valence-corrected chi connectivity index (χ4v) is 2.77. The average molecular weight is 332 g/mol. The Hall–Kier alpha value is -2.18. The normalized spacial score (nSPS) is 11.7. The molecule has 1 aromatic carbocycles. The molecule has 0 aliphatic rings. The van der Waals surface area contributed by atoms with E-state index < -0.39 is 6.10 Å². The minimum Gasteiger partial charge on any atom is -0.389 e. The van der Waals surface area contributed by atoms with Gasteiger partial charge in [0.1, 0.15) is 0 Å². The molecule has 0 fully saturated rings. The Morgan fingerprint density at radius 1 is 1.26 bits per heavy atom. The zero-order chi connectivity index (χ0) is 16.7. The Labute approximate surface area is 139 Å².